The first-order valence-electron chi connectivity index (χ1n) is 4.08. The van der Waals surface area contributed by atoms with Gasteiger partial charge < -0.3 is 14.6 Å². The monoisotopic (exact) mass is 198 g/mol. The molecule has 1 aliphatic rings. The summed E-state index contributed by atoms with van der Waals surface area (Å²) in [4.78, 5) is 0. The lowest BCUT2D eigenvalue weighted by atomic mass is 10.1. The molecule has 1 N–H and O–H groups in total. The molecule has 1 aliphatic heterocycles. The molecule has 0 aromatic heterocycles. The maximum Gasteiger partial charge on any atom is 0.231 e. The van der Waals surface area contributed by atoms with Gasteiger partial charge in [0.05, 0.1) is 5.85 Å². The Morgan fingerprint density at radius 3 is 2.92 bits per heavy atom. The Morgan fingerprint density at radius 1 is 1.38 bits per heavy atom. The largest absolute Gasteiger partial charge is 0.454 e. The number of rotatable bonds is 2. The van der Waals surface area contributed by atoms with Crippen LogP contribution in [-0.4, -0.2) is 17.7 Å². The fourth-order valence-corrected chi connectivity index (χ4v) is 1.58. The van der Waals surface area contributed by atoms with Crippen molar-refractivity contribution in [2.24, 2.45) is 0 Å². The molecule has 1 aromatic rings. The van der Waals surface area contributed by atoms with Gasteiger partial charge in [-0.3, -0.25) is 0 Å². The molecule has 13 heavy (non-hydrogen) atoms. The molecule has 1 aromatic carbocycles. The lowest BCUT2D eigenvalue weighted by Crippen LogP contribution is -1.99. The third-order valence-electron chi connectivity index (χ3n) is 1.88. The van der Waals surface area contributed by atoms with Gasteiger partial charge in [-0.2, -0.15) is 0 Å². The molecule has 0 fully saturated rings. The molecule has 4 heteroatoms. The van der Waals surface area contributed by atoms with Gasteiger partial charge in [0.25, 0.3) is 0 Å². The minimum Gasteiger partial charge on any atom is -0.454 e. The predicted octanol–water partition coefficient (Wildman–Crippen LogP) is 1.15. The molecule has 2 atom stereocenters. The zero-order valence-corrected chi connectivity index (χ0v) is 8.22. The van der Waals surface area contributed by atoms with Crippen LogP contribution in [0.25, 0.3) is 0 Å². The van der Waals surface area contributed by atoms with Crippen molar-refractivity contribution in [1.82, 2.24) is 0 Å². The Morgan fingerprint density at radius 2 is 2.15 bits per heavy atom. The van der Waals surface area contributed by atoms with E-state index in [1.165, 1.54) is 0 Å². The first-order valence-corrected chi connectivity index (χ1v) is 4.74. The molecule has 0 saturated heterocycles. The summed E-state index contributed by atoms with van der Waals surface area (Å²) >= 11 is 0. The van der Waals surface area contributed by atoms with Crippen molar-refractivity contribution in [3.63, 3.8) is 0 Å². The molecule has 2 rings (SSSR count). The van der Waals surface area contributed by atoms with Crippen molar-refractivity contribution in [3.8, 4) is 11.5 Å². The maximum absolute atomic E-state index is 9.15. The van der Waals surface area contributed by atoms with E-state index >= 15 is 0 Å². The number of hydrogen-bond acceptors (Lipinski definition) is 3. The van der Waals surface area contributed by atoms with Crippen LogP contribution in [0.3, 0.4) is 0 Å². The third kappa shape index (κ3) is 1.93. The highest BCUT2D eigenvalue weighted by Gasteiger charge is 2.13. The molecule has 0 aliphatic carbocycles. The topological polar surface area (TPSA) is 38.7 Å². The minimum atomic E-state index is -0.402. The van der Waals surface area contributed by atoms with Gasteiger partial charge in [-0.15, -0.1) is 9.24 Å². The van der Waals surface area contributed by atoms with Gasteiger partial charge >= 0.3 is 0 Å². The number of benzene rings is 1. The van der Waals surface area contributed by atoms with E-state index in [1.807, 2.05) is 18.2 Å². The number of fused-ring (bicyclic) bond motifs is 1. The second kappa shape index (κ2) is 3.52. The number of ether oxygens (including phenoxy) is 2. The first kappa shape index (κ1) is 8.79. The van der Waals surface area contributed by atoms with Crippen LogP contribution in [0.5, 0.6) is 11.5 Å². The molecule has 0 spiro atoms. The minimum absolute atomic E-state index is 0.294. The van der Waals surface area contributed by atoms with Crippen molar-refractivity contribution in [3.05, 3.63) is 23.8 Å². The van der Waals surface area contributed by atoms with Gasteiger partial charge in [0.1, 0.15) is 0 Å². The van der Waals surface area contributed by atoms with Crippen LogP contribution in [0, 0.1) is 0 Å². The average molecular weight is 198 g/mol. The highest BCUT2D eigenvalue weighted by molar-refractivity contribution is 7.17. The zero-order chi connectivity index (χ0) is 9.26. The van der Waals surface area contributed by atoms with Crippen LogP contribution < -0.4 is 9.47 Å². The summed E-state index contributed by atoms with van der Waals surface area (Å²) in [5.41, 5.74) is 1.05. The van der Waals surface area contributed by atoms with E-state index in [1.54, 1.807) is 0 Å². The predicted molar refractivity (Wildman–Crippen MR) is 52.0 cm³/mol. The number of hydrogen-bond donors (Lipinski definition) is 1. The lowest BCUT2D eigenvalue weighted by Gasteiger charge is -2.04. The van der Waals surface area contributed by atoms with Crippen LogP contribution in [0.4, 0.5) is 0 Å². The van der Waals surface area contributed by atoms with Crippen molar-refractivity contribution < 1.29 is 14.6 Å². The summed E-state index contributed by atoms with van der Waals surface area (Å²) < 4.78 is 10.4. The van der Waals surface area contributed by atoms with Gasteiger partial charge in [-0.25, -0.2) is 0 Å². The third-order valence-corrected chi connectivity index (χ3v) is 2.12. The number of aliphatic hydroxyl groups excluding tert-OH is 1. The normalized spacial score (nSPS) is 15.8. The highest BCUT2D eigenvalue weighted by Crippen LogP contribution is 2.32. The molecule has 3 nitrogen and oxygen atoms in total. The summed E-state index contributed by atoms with van der Waals surface area (Å²) in [7, 11) is 2.35. The van der Waals surface area contributed by atoms with Crippen LogP contribution in [-0.2, 0) is 6.42 Å². The summed E-state index contributed by atoms with van der Waals surface area (Å²) in [5.74, 6) is 1.14. The van der Waals surface area contributed by atoms with Gasteiger partial charge in [-0.1, -0.05) is 6.07 Å². The molecule has 0 saturated carbocycles. The maximum atomic E-state index is 9.15. The van der Waals surface area contributed by atoms with Crippen molar-refractivity contribution in [2.75, 3.05) is 6.79 Å². The Bertz CT molecular complexity index is 312. The van der Waals surface area contributed by atoms with Gasteiger partial charge in [0.15, 0.2) is 11.5 Å². The van der Waals surface area contributed by atoms with Crippen molar-refractivity contribution >= 4 is 9.24 Å². The fraction of sp³-hybridized carbons (Fsp3) is 0.333. The van der Waals surface area contributed by atoms with Gasteiger partial charge in [0.2, 0.25) is 6.79 Å². The first-order chi connectivity index (χ1) is 6.25. The average Bonchev–Trinajstić information content (AvgIpc) is 2.49. The van der Waals surface area contributed by atoms with E-state index in [0.717, 1.165) is 17.1 Å². The van der Waals surface area contributed by atoms with E-state index < -0.39 is 5.85 Å². The Hall–Kier alpha value is -0.790. The van der Waals surface area contributed by atoms with Crippen LogP contribution in [0.1, 0.15) is 5.56 Å². The fourth-order valence-electron chi connectivity index (χ4n) is 1.31. The quantitative estimate of drug-likeness (QED) is 0.724. The van der Waals surface area contributed by atoms with E-state index in [-0.39, 0.29) is 0 Å². The molecular formula is C9H11O3P. The van der Waals surface area contributed by atoms with Gasteiger partial charge in [-0.05, 0) is 17.7 Å². The molecule has 0 amide bonds. The van der Waals surface area contributed by atoms with Gasteiger partial charge in [0, 0.05) is 6.42 Å². The number of aliphatic hydroxyl groups is 1. The Kier molecular flexibility index (Phi) is 2.38. The van der Waals surface area contributed by atoms with E-state index in [4.69, 9.17) is 14.6 Å². The Balaban J connectivity index is 2.21. The van der Waals surface area contributed by atoms with Crippen LogP contribution in [0.15, 0.2) is 18.2 Å². The standard InChI is InChI=1S/C9H11O3P/c10-9(13)4-6-1-2-7-8(3-6)12-5-11-7/h1-3,9-10H,4-5,13H2. The summed E-state index contributed by atoms with van der Waals surface area (Å²) in [6.07, 6.45) is 0.612. The molecule has 2 unspecified atom stereocenters. The summed E-state index contributed by atoms with van der Waals surface area (Å²) in [6.45, 7) is 0.294. The lowest BCUT2D eigenvalue weighted by molar-refractivity contribution is 0.174. The van der Waals surface area contributed by atoms with E-state index in [9.17, 15) is 0 Å². The highest BCUT2D eigenvalue weighted by atomic mass is 31.0. The smallest absolute Gasteiger partial charge is 0.231 e. The molecule has 1 heterocycles. The van der Waals surface area contributed by atoms with Crippen molar-refractivity contribution in [1.29, 1.82) is 0 Å². The van der Waals surface area contributed by atoms with E-state index in [2.05, 4.69) is 9.24 Å². The summed E-state index contributed by atoms with van der Waals surface area (Å²) in [5, 5.41) is 9.15. The zero-order valence-electron chi connectivity index (χ0n) is 7.06. The van der Waals surface area contributed by atoms with E-state index in [0.29, 0.717) is 13.2 Å². The molecule has 0 radical (unpaired) electrons. The molecule has 0 bridgehead atoms. The molecule has 70 valence electrons. The van der Waals surface area contributed by atoms with Crippen LogP contribution in [0.2, 0.25) is 0 Å². The second-order valence-corrected chi connectivity index (χ2v) is 3.73. The van der Waals surface area contributed by atoms with Crippen molar-refractivity contribution in [2.45, 2.75) is 12.3 Å². The SMILES string of the molecule is OC(P)Cc1ccc2c(c1)OCO2. The second-order valence-electron chi connectivity index (χ2n) is 2.96. The summed E-state index contributed by atoms with van der Waals surface area (Å²) in [6, 6.07) is 5.70. The Labute approximate surface area is 78.9 Å². The van der Waals surface area contributed by atoms with Crippen LogP contribution >= 0.6 is 9.24 Å². The molecular weight excluding hydrogens is 187 g/mol.